The third kappa shape index (κ3) is 9.97. The minimum absolute atomic E-state index is 0.00432. The summed E-state index contributed by atoms with van der Waals surface area (Å²) in [5, 5.41) is 17.8. The van der Waals surface area contributed by atoms with Crippen LogP contribution in [0, 0.1) is 0 Å². The zero-order valence-electron chi connectivity index (χ0n) is 28.4. The fraction of sp³-hybridized carbons (Fsp3) is 0.400. The average molecular weight is 652 g/mol. The molecule has 1 saturated heterocycles. The Morgan fingerprint density at radius 3 is 2.29 bits per heavy atom. The number of carbonyl (C=O) groups is 2. The lowest BCUT2D eigenvalue weighted by molar-refractivity contribution is -0.253. The standard InChI is InChI=1S/C40H49N3O5/c1-28(35-21-20-32-9-6-7-10-36(32)23-35)43(3)26-37-24-38(33-16-14-31(27-44)15-17-33)48-40(47-37)34-18-12-30(13-19-34)25-42-39(46)11-5-4-8-22-41-29(2)45/h6-7,9-10,12-21,23,28,37-38,40,44H,4-5,8,11,22,24-27H2,1-3H3,(H,41,45)(H,42,46)/t28-,37-,38+,40+/m1/s1. The third-order valence-electron chi connectivity index (χ3n) is 9.22. The molecule has 8 heteroatoms. The summed E-state index contributed by atoms with van der Waals surface area (Å²) in [4.78, 5) is 25.7. The molecule has 0 saturated carbocycles. The van der Waals surface area contributed by atoms with Gasteiger partial charge >= 0.3 is 0 Å². The van der Waals surface area contributed by atoms with Crippen molar-refractivity contribution in [3.63, 3.8) is 0 Å². The predicted octanol–water partition coefficient (Wildman–Crippen LogP) is 6.88. The molecule has 4 aromatic carbocycles. The number of likely N-dealkylation sites (N-methyl/N-ethyl adjacent to an activating group) is 1. The lowest BCUT2D eigenvalue weighted by atomic mass is 9.98. The van der Waals surface area contributed by atoms with Crippen molar-refractivity contribution in [3.05, 3.63) is 119 Å². The molecular formula is C40H49N3O5. The molecule has 1 fully saturated rings. The molecule has 4 aromatic rings. The number of unbranched alkanes of at least 4 members (excludes halogenated alkanes) is 2. The maximum atomic E-state index is 12.4. The Kier molecular flexibility index (Phi) is 12.7. The summed E-state index contributed by atoms with van der Waals surface area (Å²) in [6, 6.07) is 31.3. The van der Waals surface area contributed by atoms with Crippen LogP contribution in [0.25, 0.3) is 10.8 Å². The van der Waals surface area contributed by atoms with Crippen LogP contribution in [0.4, 0.5) is 0 Å². The molecule has 0 aromatic heterocycles. The smallest absolute Gasteiger partial charge is 0.220 e. The van der Waals surface area contributed by atoms with Crippen molar-refractivity contribution in [3.8, 4) is 0 Å². The highest BCUT2D eigenvalue weighted by atomic mass is 16.7. The normalized spacial score (nSPS) is 18.5. The van der Waals surface area contributed by atoms with Crippen LogP contribution in [-0.2, 0) is 32.2 Å². The summed E-state index contributed by atoms with van der Waals surface area (Å²) in [6.45, 7) is 5.59. The summed E-state index contributed by atoms with van der Waals surface area (Å²) in [6.07, 6.45) is 2.96. The van der Waals surface area contributed by atoms with Gasteiger partial charge in [0.15, 0.2) is 6.29 Å². The molecule has 0 aliphatic carbocycles. The van der Waals surface area contributed by atoms with E-state index < -0.39 is 6.29 Å². The summed E-state index contributed by atoms with van der Waals surface area (Å²) in [5.41, 5.74) is 5.12. The summed E-state index contributed by atoms with van der Waals surface area (Å²) in [5.74, 6) is 0.00102. The number of rotatable bonds is 15. The topological polar surface area (TPSA) is 100 Å². The van der Waals surface area contributed by atoms with E-state index >= 15 is 0 Å². The van der Waals surface area contributed by atoms with Crippen LogP contribution in [0.15, 0.2) is 91.0 Å². The van der Waals surface area contributed by atoms with Gasteiger partial charge < -0.3 is 25.2 Å². The second-order valence-corrected chi connectivity index (χ2v) is 12.9. The number of carbonyl (C=O) groups excluding carboxylic acids is 2. The second-order valence-electron chi connectivity index (χ2n) is 12.9. The zero-order chi connectivity index (χ0) is 33.9. The van der Waals surface area contributed by atoms with Gasteiger partial charge in [-0.2, -0.15) is 0 Å². The molecule has 48 heavy (non-hydrogen) atoms. The van der Waals surface area contributed by atoms with Gasteiger partial charge in [0.1, 0.15) is 0 Å². The molecule has 0 radical (unpaired) electrons. The van der Waals surface area contributed by atoms with Crippen molar-refractivity contribution in [2.75, 3.05) is 20.1 Å². The van der Waals surface area contributed by atoms with Gasteiger partial charge in [0, 0.05) is 51.0 Å². The number of fused-ring (bicyclic) bond motifs is 1. The van der Waals surface area contributed by atoms with Gasteiger partial charge in [-0.05, 0) is 65.9 Å². The Bertz CT molecular complexity index is 1620. The van der Waals surface area contributed by atoms with Crippen molar-refractivity contribution >= 4 is 22.6 Å². The molecule has 1 aliphatic heterocycles. The van der Waals surface area contributed by atoms with Crippen LogP contribution >= 0.6 is 0 Å². The minimum atomic E-state index is -0.545. The lowest BCUT2D eigenvalue weighted by Crippen LogP contribution is -2.38. The van der Waals surface area contributed by atoms with Gasteiger partial charge in [-0.1, -0.05) is 91.3 Å². The monoisotopic (exact) mass is 651 g/mol. The number of hydrogen-bond donors (Lipinski definition) is 3. The number of hydrogen-bond acceptors (Lipinski definition) is 6. The molecule has 2 amide bonds. The van der Waals surface area contributed by atoms with E-state index in [0.717, 1.165) is 48.1 Å². The van der Waals surface area contributed by atoms with Crippen LogP contribution in [-0.4, -0.2) is 48.1 Å². The molecule has 4 atom stereocenters. The van der Waals surface area contributed by atoms with Crippen LogP contribution < -0.4 is 10.6 Å². The largest absolute Gasteiger partial charge is 0.392 e. The van der Waals surface area contributed by atoms with Gasteiger partial charge in [-0.15, -0.1) is 0 Å². The molecule has 254 valence electrons. The van der Waals surface area contributed by atoms with Crippen LogP contribution in [0.1, 0.15) is 92.2 Å². The fourth-order valence-corrected chi connectivity index (χ4v) is 6.17. The van der Waals surface area contributed by atoms with Gasteiger partial charge in [0.2, 0.25) is 11.8 Å². The first-order valence-electron chi connectivity index (χ1n) is 17.1. The Labute approximate surface area is 284 Å². The second kappa shape index (κ2) is 17.4. The first kappa shape index (κ1) is 35.2. The van der Waals surface area contributed by atoms with E-state index in [-0.39, 0.29) is 36.7 Å². The molecule has 1 aliphatic rings. The first-order chi connectivity index (χ1) is 23.3. The fourth-order valence-electron chi connectivity index (χ4n) is 6.17. The number of nitrogens with one attached hydrogen (secondary N) is 2. The first-order valence-corrected chi connectivity index (χ1v) is 17.1. The van der Waals surface area contributed by atoms with E-state index in [0.29, 0.717) is 25.9 Å². The number of ether oxygens (including phenoxy) is 2. The van der Waals surface area contributed by atoms with E-state index in [1.54, 1.807) is 0 Å². The molecule has 0 bridgehead atoms. The SMILES string of the molecule is CC(=O)NCCCCCC(=O)NCc1ccc([C@H]2O[C@@H](CN(C)[C@H](C)c3ccc4ccccc4c3)C[C@@H](c3ccc(CO)cc3)O2)cc1. The van der Waals surface area contributed by atoms with E-state index in [1.807, 2.05) is 48.5 Å². The highest BCUT2D eigenvalue weighted by Gasteiger charge is 2.33. The lowest BCUT2D eigenvalue weighted by Gasteiger charge is -2.39. The Hall–Kier alpha value is -4.08. The highest BCUT2D eigenvalue weighted by Crippen LogP contribution is 2.39. The molecule has 3 N–H and O–H groups in total. The van der Waals surface area contributed by atoms with Crippen LogP contribution in [0.3, 0.4) is 0 Å². The zero-order valence-corrected chi connectivity index (χ0v) is 28.4. The van der Waals surface area contributed by atoms with Crippen LogP contribution in [0.2, 0.25) is 0 Å². The van der Waals surface area contributed by atoms with E-state index in [4.69, 9.17) is 9.47 Å². The number of aliphatic hydroxyl groups is 1. The van der Waals surface area contributed by atoms with E-state index in [1.165, 1.54) is 23.3 Å². The van der Waals surface area contributed by atoms with E-state index in [9.17, 15) is 14.7 Å². The Morgan fingerprint density at radius 1 is 0.854 bits per heavy atom. The molecule has 0 spiro atoms. The molecule has 5 rings (SSSR count). The molecule has 0 unspecified atom stereocenters. The van der Waals surface area contributed by atoms with Crippen molar-refractivity contribution in [2.24, 2.45) is 0 Å². The van der Waals surface area contributed by atoms with Gasteiger partial charge in [-0.3, -0.25) is 14.5 Å². The predicted molar refractivity (Wildman–Crippen MR) is 189 cm³/mol. The maximum absolute atomic E-state index is 12.4. The van der Waals surface area contributed by atoms with Crippen molar-refractivity contribution in [2.45, 2.75) is 83.6 Å². The molecule has 8 nitrogen and oxygen atoms in total. The summed E-state index contributed by atoms with van der Waals surface area (Å²) in [7, 11) is 2.15. The van der Waals surface area contributed by atoms with Gasteiger partial charge in [0.25, 0.3) is 0 Å². The Morgan fingerprint density at radius 2 is 1.56 bits per heavy atom. The number of amides is 2. The van der Waals surface area contributed by atoms with Crippen molar-refractivity contribution in [1.82, 2.24) is 15.5 Å². The highest BCUT2D eigenvalue weighted by molar-refractivity contribution is 5.83. The van der Waals surface area contributed by atoms with Crippen molar-refractivity contribution in [1.29, 1.82) is 0 Å². The maximum Gasteiger partial charge on any atom is 0.220 e. The Balaban J connectivity index is 1.21. The number of aliphatic hydroxyl groups excluding tert-OH is 1. The van der Waals surface area contributed by atoms with E-state index in [2.05, 4.69) is 72.0 Å². The number of benzene rings is 4. The van der Waals surface area contributed by atoms with Crippen molar-refractivity contribution < 1.29 is 24.2 Å². The minimum Gasteiger partial charge on any atom is -0.392 e. The summed E-state index contributed by atoms with van der Waals surface area (Å²) >= 11 is 0. The van der Waals surface area contributed by atoms with Gasteiger partial charge in [0.05, 0.1) is 18.8 Å². The van der Waals surface area contributed by atoms with Gasteiger partial charge in [-0.25, -0.2) is 0 Å². The molecular weight excluding hydrogens is 602 g/mol. The van der Waals surface area contributed by atoms with Crippen LogP contribution in [0.5, 0.6) is 0 Å². The average Bonchev–Trinajstić information content (AvgIpc) is 3.11. The third-order valence-corrected chi connectivity index (χ3v) is 9.22. The molecule has 1 heterocycles. The quantitative estimate of drug-likeness (QED) is 0.121. The summed E-state index contributed by atoms with van der Waals surface area (Å²) < 4.78 is 13.2. The number of nitrogens with zero attached hydrogens (tertiary/aromatic N) is 1.